The molecule has 23 heavy (non-hydrogen) atoms. The van der Waals surface area contributed by atoms with E-state index in [0.717, 1.165) is 18.5 Å². The molecule has 1 heterocycles. The molecule has 1 aromatic carbocycles. The smallest absolute Gasteiger partial charge is 0.657 e. The molecule has 1 aliphatic rings. The van der Waals surface area contributed by atoms with Crippen LogP contribution in [0.3, 0.4) is 0 Å². The molecule has 8 heteroatoms. The van der Waals surface area contributed by atoms with Crippen molar-refractivity contribution in [3.8, 4) is 0 Å². The molecular weight excluding hydrogens is 500 g/mol. The summed E-state index contributed by atoms with van der Waals surface area (Å²) in [6.07, 6.45) is 3.50. The second-order valence-electron chi connectivity index (χ2n) is 4.24. The summed E-state index contributed by atoms with van der Waals surface area (Å²) in [6, 6.07) is 7.85. The van der Waals surface area contributed by atoms with Crippen LogP contribution in [0.25, 0.3) is 5.32 Å². The Morgan fingerprint density at radius 1 is 1.22 bits per heavy atom. The predicted octanol–water partition coefficient (Wildman–Crippen LogP) is 3.71. The molecule has 0 saturated carbocycles. The number of carbonyl (C=O) groups excluding carboxylic acids is 1. The molecule has 1 aromatic rings. The maximum atomic E-state index is 12.6. The Kier molecular flexibility index (Phi) is 18.0. The summed E-state index contributed by atoms with van der Waals surface area (Å²) >= 11 is 0. The van der Waals surface area contributed by atoms with Crippen LogP contribution in [-0.2, 0) is 38.5 Å². The van der Waals surface area contributed by atoms with Crippen LogP contribution in [0.1, 0.15) is 30.9 Å². The summed E-state index contributed by atoms with van der Waals surface area (Å²) < 4.78 is 26.7. The molecule has 2 rings (SSSR count). The van der Waals surface area contributed by atoms with Gasteiger partial charge in [0.1, 0.15) is 0 Å². The van der Waals surface area contributed by atoms with Crippen molar-refractivity contribution in [3.05, 3.63) is 41.0 Å². The van der Waals surface area contributed by atoms with Crippen LogP contribution >= 0.6 is 8.60 Å². The zero-order valence-corrected chi connectivity index (χ0v) is 16.8. The van der Waals surface area contributed by atoms with Gasteiger partial charge in [-0.3, -0.25) is 4.39 Å². The van der Waals surface area contributed by atoms with Gasteiger partial charge in [-0.2, -0.15) is 31.3 Å². The van der Waals surface area contributed by atoms with E-state index in [2.05, 4.69) is 18.2 Å². The third-order valence-corrected chi connectivity index (χ3v) is 3.89. The summed E-state index contributed by atoms with van der Waals surface area (Å²) in [5.74, 6) is -0.223. The molecule has 1 atom stereocenters. The fourth-order valence-corrected chi connectivity index (χ4v) is 2.42. The summed E-state index contributed by atoms with van der Waals surface area (Å²) in [6.45, 7) is 5.44. The average Bonchev–Trinajstić information content (AvgIpc) is 2.60. The zero-order chi connectivity index (χ0) is 16.8. The number of nitrogens with zero attached hydrogens (tertiary/aromatic N) is 1. The number of hydrogen-bond donors (Lipinski definition) is 0. The van der Waals surface area contributed by atoms with Crippen molar-refractivity contribution in [2.45, 2.75) is 25.3 Å². The van der Waals surface area contributed by atoms with Gasteiger partial charge in [0.25, 0.3) is 0 Å². The minimum atomic E-state index is -1.36. The normalized spacial score (nSPS) is 16.3. The molecule has 0 aliphatic carbocycles. The van der Waals surface area contributed by atoms with E-state index in [-0.39, 0.29) is 32.0 Å². The van der Waals surface area contributed by atoms with E-state index in [0.29, 0.717) is 0 Å². The van der Waals surface area contributed by atoms with Crippen LogP contribution in [0.5, 0.6) is 0 Å². The molecule has 5 nitrogen and oxygen atoms in total. The molecule has 0 aromatic heterocycles. The molecule has 1 radical (unpaired) electrons. The molecule has 1 saturated heterocycles. The molecule has 0 spiro atoms. The fourth-order valence-electron chi connectivity index (χ4n) is 1.92. The van der Waals surface area contributed by atoms with Crippen molar-refractivity contribution >= 4 is 15.4 Å². The van der Waals surface area contributed by atoms with E-state index < -0.39 is 8.60 Å². The van der Waals surface area contributed by atoms with Crippen molar-refractivity contribution in [2.75, 3.05) is 27.9 Å². The van der Waals surface area contributed by atoms with Gasteiger partial charge in [0.05, 0.1) is 21.3 Å². The van der Waals surface area contributed by atoms with Gasteiger partial charge in [-0.1, -0.05) is 19.3 Å². The van der Waals surface area contributed by atoms with Gasteiger partial charge in [0.15, 0.2) is 0 Å². The minimum absolute atomic E-state index is 0. The molecular formula is C15H22FIrNO4P+. The van der Waals surface area contributed by atoms with E-state index in [4.69, 9.17) is 18.4 Å². The molecule has 131 valence electrons. The quantitative estimate of drug-likeness (QED) is 0.447. The van der Waals surface area contributed by atoms with Crippen LogP contribution in [0, 0.1) is 11.9 Å². The summed E-state index contributed by atoms with van der Waals surface area (Å²) in [5.41, 5.74) is 1.03. The van der Waals surface area contributed by atoms with Crippen LogP contribution < -0.4 is 0 Å². The third-order valence-electron chi connectivity index (χ3n) is 2.89. The number of rotatable bonds is 4. The number of benzene rings is 1. The second-order valence-corrected chi connectivity index (χ2v) is 5.97. The Morgan fingerprint density at radius 2 is 1.83 bits per heavy atom. The van der Waals surface area contributed by atoms with Crippen LogP contribution in [0.15, 0.2) is 18.2 Å². The van der Waals surface area contributed by atoms with Crippen molar-refractivity contribution in [2.24, 2.45) is 0 Å². The SMILES string of the molecule is CO[PH+](OC)OC.Fc1c[c-]c(C2CCCC[N-]2)cc1.[C-]=O.[Ir+3]. The maximum Gasteiger partial charge on any atom is 3.00 e. The minimum Gasteiger partial charge on any atom is -0.657 e. The molecule has 0 amide bonds. The first-order chi connectivity index (χ1) is 10.7. The largest absolute Gasteiger partial charge is 3.00 e. The first-order valence-electron chi connectivity index (χ1n) is 6.74. The van der Waals surface area contributed by atoms with Crippen molar-refractivity contribution in [1.82, 2.24) is 0 Å². The van der Waals surface area contributed by atoms with Gasteiger partial charge in [0.2, 0.25) is 0 Å². The van der Waals surface area contributed by atoms with E-state index >= 15 is 0 Å². The van der Waals surface area contributed by atoms with Gasteiger partial charge >= 0.3 is 28.7 Å². The predicted molar refractivity (Wildman–Crippen MR) is 85.1 cm³/mol. The Bertz CT molecular complexity index is 371. The van der Waals surface area contributed by atoms with Gasteiger partial charge in [-0.15, -0.1) is 24.7 Å². The second kappa shape index (κ2) is 16.6. The van der Waals surface area contributed by atoms with Gasteiger partial charge < -0.3 is 16.9 Å². The van der Waals surface area contributed by atoms with Crippen molar-refractivity contribution in [1.29, 1.82) is 0 Å². The van der Waals surface area contributed by atoms with E-state index in [1.54, 1.807) is 27.4 Å². The summed E-state index contributed by atoms with van der Waals surface area (Å²) in [4.78, 5) is 7.50. The molecule has 1 fully saturated rings. The first kappa shape index (κ1) is 25.0. The maximum absolute atomic E-state index is 12.6. The summed E-state index contributed by atoms with van der Waals surface area (Å²) in [7, 11) is 3.31. The van der Waals surface area contributed by atoms with E-state index in [1.165, 1.54) is 25.0 Å². The molecule has 1 aliphatic heterocycles. The van der Waals surface area contributed by atoms with Gasteiger partial charge in [0, 0.05) is 5.82 Å². The number of piperidine rings is 1. The Labute approximate surface area is 152 Å². The van der Waals surface area contributed by atoms with Gasteiger partial charge in [-0.05, 0) is 0 Å². The Morgan fingerprint density at radius 3 is 2.17 bits per heavy atom. The van der Waals surface area contributed by atoms with Crippen LogP contribution in [0.4, 0.5) is 4.39 Å². The number of halogens is 1. The number of hydrogen-bond acceptors (Lipinski definition) is 4. The van der Waals surface area contributed by atoms with Crippen LogP contribution in [-0.4, -0.2) is 34.7 Å². The molecule has 0 N–H and O–H groups in total. The summed E-state index contributed by atoms with van der Waals surface area (Å²) in [5, 5.41) is 4.48. The van der Waals surface area contributed by atoms with E-state index in [9.17, 15) is 4.39 Å². The topological polar surface area (TPSA) is 58.9 Å². The Hall–Kier alpha value is -0.261. The fraction of sp³-hybridized carbons (Fsp3) is 0.533. The van der Waals surface area contributed by atoms with Crippen LogP contribution in [0.2, 0.25) is 0 Å². The van der Waals surface area contributed by atoms with Gasteiger partial charge in [-0.25, -0.2) is 0 Å². The first-order valence-corrected chi connectivity index (χ1v) is 7.96. The van der Waals surface area contributed by atoms with Crippen molar-refractivity contribution < 1.29 is 42.9 Å². The average molecular weight is 523 g/mol. The monoisotopic (exact) mass is 523 g/mol. The van der Waals surface area contributed by atoms with E-state index in [1.807, 2.05) is 0 Å². The standard InChI is InChI=1S/C11H12FN.C3H10O3P.CO.Ir/c12-10-6-4-9(5-7-10)11-3-1-2-8-13-11;1-4-7(5-2)6-3;1-2;/h4,6-7,11H,1-3,8H2;7H,1-3H3;;/q-2;+1;-1;+3. The third kappa shape index (κ3) is 11.0. The van der Waals surface area contributed by atoms with Crippen molar-refractivity contribution in [3.63, 3.8) is 0 Å². The Balaban J connectivity index is 0. The molecule has 0 bridgehead atoms. The molecule has 1 unspecified atom stereocenters. The zero-order valence-electron chi connectivity index (χ0n) is 13.4.